The fourth-order valence-corrected chi connectivity index (χ4v) is 2.01. The first-order valence-electron chi connectivity index (χ1n) is 6.16. The number of nitrogens with one attached hydrogen (secondary N) is 2. The van der Waals surface area contributed by atoms with Crippen LogP contribution >= 0.6 is 23.2 Å². The van der Waals surface area contributed by atoms with Gasteiger partial charge in [0, 0.05) is 28.2 Å². The molecular formula is C14H16Cl2N2O2. The second-order valence-electron chi connectivity index (χ2n) is 4.09. The van der Waals surface area contributed by atoms with E-state index in [2.05, 4.69) is 10.6 Å². The van der Waals surface area contributed by atoms with Crippen molar-refractivity contribution in [2.24, 2.45) is 0 Å². The zero-order chi connectivity index (χ0) is 15.1. The van der Waals surface area contributed by atoms with E-state index in [-0.39, 0.29) is 11.8 Å². The lowest BCUT2D eigenvalue weighted by atomic mass is 10.2. The second kappa shape index (κ2) is 7.92. The van der Waals surface area contributed by atoms with E-state index < -0.39 is 6.04 Å². The van der Waals surface area contributed by atoms with Gasteiger partial charge in [-0.2, -0.15) is 0 Å². The Bertz CT molecular complexity index is 510. The number of rotatable bonds is 5. The summed E-state index contributed by atoms with van der Waals surface area (Å²) < 4.78 is 0. The first-order valence-corrected chi connectivity index (χ1v) is 6.91. The molecule has 0 bridgehead atoms. The van der Waals surface area contributed by atoms with Crippen LogP contribution in [0.1, 0.15) is 19.4 Å². The van der Waals surface area contributed by atoms with Crippen LogP contribution < -0.4 is 10.6 Å². The first-order chi connectivity index (χ1) is 9.45. The zero-order valence-electron chi connectivity index (χ0n) is 11.2. The molecule has 0 saturated heterocycles. The van der Waals surface area contributed by atoms with Gasteiger partial charge in [-0.05, 0) is 32.1 Å². The highest BCUT2D eigenvalue weighted by atomic mass is 35.5. The molecule has 0 aromatic heterocycles. The molecular weight excluding hydrogens is 299 g/mol. The standard InChI is InChI=1S/C14H16Cl2N2O2/c1-3-17-14(20)9(2)18-13(19)8-7-10-11(15)5-4-6-12(10)16/h4-9H,3H2,1-2H3,(H,17,20)(H,18,19)/b8-7+/t9-/m1/s1. The molecule has 1 atom stereocenters. The van der Waals surface area contributed by atoms with Gasteiger partial charge in [-0.15, -0.1) is 0 Å². The lowest BCUT2D eigenvalue weighted by Crippen LogP contribution is -2.44. The largest absolute Gasteiger partial charge is 0.355 e. The Labute approximate surface area is 128 Å². The number of carbonyl (C=O) groups is 2. The van der Waals surface area contributed by atoms with Crippen LogP contribution in [0.25, 0.3) is 6.08 Å². The highest BCUT2D eigenvalue weighted by molar-refractivity contribution is 6.37. The van der Waals surface area contributed by atoms with Crippen molar-refractivity contribution in [3.05, 3.63) is 39.9 Å². The van der Waals surface area contributed by atoms with Crippen molar-refractivity contribution in [1.29, 1.82) is 0 Å². The van der Waals surface area contributed by atoms with Crippen LogP contribution in [0, 0.1) is 0 Å². The van der Waals surface area contributed by atoms with Gasteiger partial charge in [0.05, 0.1) is 0 Å². The van der Waals surface area contributed by atoms with Crippen molar-refractivity contribution in [2.45, 2.75) is 19.9 Å². The summed E-state index contributed by atoms with van der Waals surface area (Å²) >= 11 is 12.0. The monoisotopic (exact) mass is 314 g/mol. The number of benzene rings is 1. The minimum Gasteiger partial charge on any atom is -0.355 e. The third-order valence-electron chi connectivity index (χ3n) is 2.50. The Hall–Kier alpha value is -1.52. The van der Waals surface area contributed by atoms with Gasteiger partial charge in [-0.3, -0.25) is 9.59 Å². The van der Waals surface area contributed by atoms with Crippen molar-refractivity contribution < 1.29 is 9.59 Å². The highest BCUT2D eigenvalue weighted by Crippen LogP contribution is 2.25. The Morgan fingerprint density at radius 3 is 2.45 bits per heavy atom. The number of hydrogen-bond donors (Lipinski definition) is 2. The average molecular weight is 315 g/mol. The van der Waals surface area contributed by atoms with E-state index >= 15 is 0 Å². The predicted octanol–water partition coefficient (Wildman–Crippen LogP) is 2.65. The molecule has 2 amide bonds. The average Bonchev–Trinajstić information content (AvgIpc) is 2.38. The molecule has 0 fully saturated rings. The van der Waals surface area contributed by atoms with Gasteiger partial charge in [0.2, 0.25) is 11.8 Å². The van der Waals surface area contributed by atoms with E-state index in [9.17, 15) is 9.59 Å². The number of halogens is 2. The van der Waals surface area contributed by atoms with Gasteiger partial charge in [0.25, 0.3) is 0 Å². The van der Waals surface area contributed by atoms with Crippen LogP contribution in [0.3, 0.4) is 0 Å². The summed E-state index contributed by atoms with van der Waals surface area (Å²) in [5, 5.41) is 6.09. The molecule has 1 aromatic carbocycles. The smallest absolute Gasteiger partial charge is 0.244 e. The minimum atomic E-state index is -0.603. The van der Waals surface area contributed by atoms with Crippen LogP contribution in [0.2, 0.25) is 10.0 Å². The fraction of sp³-hybridized carbons (Fsp3) is 0.286. The zero-order valence-corrected chi connectivity index (χ0v) is 12.8. The molecule has 108 valence electrons. The summed E-state index contributed by atoms with van der Waals surface area (Å²) in [6, 6.07) is 4.48. The van der Waals surface area contributed by atoms with Crippen molar-refractivity contribution >= 4 is 41.1 Å². The molecule has 0 heterocycles. The second-order valence-corrected chi connectivity index (χ2v) is 4.91. The third-order valence-corrected chi connectivity index (χ3v) is 3.16. The summed E-state index contributed by atoms with van der Waals surface area (Å²) in [5.74, 6) is -0.621. The fourth-order valence-electron chi connectivity index (χ4n) is 1.48. The number of hydrogen-bond acceptors (Lipinski definition) is 2. The van der Waals surface area contributed by atoms with E-state index in [4.69, 9.17) is 23.2 Å². The van der Waals surface area contributed by atoms with E-state index in [1.54, 1.807) is 25.1 Å². The molecule has 20 heavy (non-hydrogen) atoms. The molecule has 2 N–H and O–H groups in total. The van der Waals surface area contributed by atoms with E-state index in [0.717, 1.165) is 0 Å². The maximum atomic E-state index is 11.7. The molecule has 1 rings (SSSR count). The molecule has 0 aliphatic rings. The van der Waals surface area contributed by atoms with Crippen LogP contribution in [0.15, 0.2) is 24.3 Å². The van der Waals surface area contributed by atoms with Gasteiger partial charge in [-0.1, -0.05) is 29.3 Å². The van der Waals surface area contributed by atoms with Crippen LogP contribution in [0.5, 0.6) is 0 Å². The van der Waals surface area contributed by atoms with Gasteiger partial charge in [0.1, 0.15) is 6.04 Å². The predicted molar refractivity (Wildman–Crippen MR) is 81.8 cm³/mol. The summed E-state index contributed by atoms with van der Waals surface area (Å²) in [6.07, 6.45) is 2.81. The van der Waals surface area contributed by atoms with Crippen molar-refractivity contribution in [3.63, 3.8) is 0 Å². The van der Waals surface area contributed by atoms with Gasteiger partial charge in [-0.25, -0.2) is 0 Å². The number of amides is 2. The maximum Gasteiger partial charge on any atom is 0.244 e. The minimum absolute atomic E-state index is 0.231. The molecule has 0 unspecified atom stereocenters. The summed E-state index contributed by atoms with van der Waals surface area (Å²) in [5.41, 5.74) is 0.566. The van der Waals surface area contributed by atoms with Crippen molar-refractivity contribution in [3.8, 4) is 0 Å². The number of carbonyl (C=O) groups excluding carboxylic acids is 2. The molecule has 0 aliphatic carbocycles. The lowest BCUT2D eigenvalue weighted by Gasteiger charge is -2.11. The van der Waals surface area contributed by atoms with Gasteiger partial charge < -0.3 is 10.6 Å². The van der Waals surface area contributed by atoms with Crippen molar-refractivity contribution in [2.75, 3.05) is 6.54 Å². The SMILES string of the molecule is CCNC(=O)[C@@H](C)NC(=O)/C=C/c1c(Cl)cccc1Cl. The van der Waals surface area contributed by atoms with E-state index in [1.807, 2.05) is 6.92 Å². The molecule has 1 aromatic rings. The van der Waals surface area contributed by atoms with Crippen molar-refractivity contribution in [1.82, 2.24) is 10.6 Å². The molecule has 6 heteroatoms. The quantitative estimate of drug-likeness (QED) is 0.821. The Morgan fingerprint density at radius 2 is 1.90 bits per heavy atom. The molecule has 0 radical (unpaired) electrons. The van der Waals surface area contributed by atoms with Crippen LogP contribution in [-0.2, 0) is 9.59 Å². The van der Waals surface area contributed by atoms with Gasteiger partial charge >= 0.3 is 0 Å². The van der Waals surface area contributed by atoms with Crippen LogP contribution in [0.4, 0.5) is 0 Å². The Kier molecular flexibility index (Phi) is 6.55. The first kappa shape index (κ1) is 16.5. The van der Waals surface area contributed by atoms with Crippen LogP contribution in [-0.4, -0.2) is 24.4 Å². The molecule has 0 saturated carbocycles. The summed E-state index contributed by atoms with van der Waals surface area (Å²) in [6.45, 7) is 3.94. The van der Waals surface area contributed by atoms with Gasteiger partial charge in [0.15, 0.2) is 0 Å². The maximum absolute atomic E-state index is 11.7. The van der Waals surface area contributed by atoms with E-state index in [1.165, 1.54) is 12.2 Å². The highest BCUT2D eigenvalue weighted by Gasteiger charge is 2.13. The third kappa shape index (κ3) is 4.87. The molecule has 0 aliphatic heterocycles. The topological polar surface area (TPSA) is 58.2 Å². The molecule has 0 spiro atoms. The summed E-state index contributed by atoms with van der Waals surface area (Å²) in [7, 11) is 0. The summed E-state index contributed by atoms with van der Waals surface area (Å²) in [4.78, 5) is 23.2. The number of likely N-dealkylation sites (N-methyl/N-ethyl adjacent to an activating group) is 1. The Morgan fingerprint density at radius 1 is 1.30 bits per heavy atom. The normalized spacial score (nSPS) is 12.2. The lowest BCUT2D eigenvalue weighted by molar-refractivity contribution is -0.126. The molecule has 4 nitrogen and oxygen atoms in total. The Balaban J connectivity index is 2.67. The van der Waals surface area contributed by atoms with E-state index in [0.29, 0.717) is 22.2 Å².